The maximum absolute atomic E-state index is 13.9. The van der Waals surface area contributed by atoms with E-state index >= 15 is 0 Å². The molecule has 33 heavy (non-hydrogen) atoms. The van der Waals surface area contributed by atoms with E-state index in [0.29, 0.717) is 42.3 Å². The monoisotopic (exact) mass is 454 g/mol. The van der Waals surface area contributed by atoms with Crippen molar-refractivity contribution in [2.45, 2.75) is 6.92 Å². The molecule has 9 heteroatoms. The number of aryl methyl sites for hydroxylation is 1. The highest BCUT2D eigenvalue weighted by atomic mass is 19.2. The summed E-state index contributed by atoms with van der Waals surface area (Å²) in [4.78, 5) is 32.5. The molecule has 1 aliphatic heterocycles. The van der Waals surface area contributed by atoms with E-state index in [1.165, 1.54) is 4.90 Å². The van der Waals surface area contributed by atoms with Crippen molar-refractivity contribution < 1.29 is 22.8 Å². The minimum Gasteiger partial charge on any atom is -0.353 e. The molecule has 170 valence electrons. The average Bonchev–Trinajstić information content (AvgIpc) is 2.82. The summed E-state index contributed by atoms with van der Waals surface area (Å²) in [6.07, 6.45) is 1.55. The van der Waals surface area contributed by atoms with Crippen LogP contribution in [-0.2, 0) is 0 Å². The molecule has 0 saturated carbocycles. The summed E-state index contributed by atoms with van der Waals surface area (Å²) < 4.78 is 40.8. The van der Waals surface area contributed by atoms with Gasteiger partial charge in [-0.3, -0.25) is 9.59 Å². The van der Waals surface area contributed by atoms with Crippen LogP contribution in [0.4, 0.5) is 24.7 Å². The molecule has 1 N–H and O–H groups in total. The van der Waals surface area contributed by atoms with Gasteiger partial charge in [0.2, 0.25) is 0 Å². The largest absolute Gasteiger partial charge is 0.353 e. The zero-order chi connectivity index (χ0) is 23.5. The van der Waals surface area contributed by atoms with Gasteiger partial charge >= 0.3 is 0 Å². The predicted octanol–water partition coefficient (Wildman–Crippen LogP) is 4.02. The van der Waals surface area contributed by atoms with E-state index in [-0.39, 0.29) is 19.0 Å². The lowest BCUT2D eigenvalue weighted by molar-refractivity contribution is 0.0740. The van der Waals surface area contributed by atoms with Gasteiger partial charge in [-0.2, -0.15) is 0 Å². The molecule has 6 nitrogen and oxygen atoms in total. The van der Waals surface area contributed by atoms with E-state index in [1.807, 2.05) is 24.0 Å². The van der Waals surface area contributed by atoms with Crippen molar-refractivity contribution in [3.05, 3.63) is 88.9 Å². The van der Waals surface area contributed by atoms with Gasteiger partial charge in [0.15, 0.2) is 11.6 Å². The van der Waals surface area contributed by atoms with Crippen LogP contribution < -0.4 is 10.2 Å². The molecule has 0 aliphatic carbocycles. The summed E-state index contributed by atoms with van der Waals surface area (Å²) >= 11 is 0. The van der Waals surface area contributed by atoms with Crippen LogP contribution in [0.1, 0.15) is 26.3 Å². The van der Waals surface area contributed by atoms with E-state index < -0.39 is 28.9 Å². The Hall–Kier alpha value is -3.88. The first-order valence-corrected chi connectivity index (χ1v) is 10.3. The topological polar surface area (TPSA) is 65.5 Å². The zero-order valence-corrected chi connectivity index (χ0v) is 17.8. The lowest BCUT2D eigenvalue weighted by Gasteiger charge is -2.35. The number of anilines is 2. The first kappa shape index (κ1) is 22.3. The number of aromatic nitrogens is 1. The number of pyridine rings is 1. The summed E-state index contributed by atoms with van der Waals surface area (Å²) in [6, 6.07) is 11.8. The highest BCUT2D eigenvalue weighted by Crippen LogP contribution is 2.20. The number of hydrogen-bond donors (Lipinski definition) is 1. The van der Waals surface area contributed by atoms with E-state index in [1.54, 1.807) is 30.5 Å². The highest BCUT2D eigenvalue weighted by Gasteiger charge is 2.26. The molecule has 1 fully saturated rings. The molecule has 2 amide bonds. The van der Waals surface area contributed by atoms with Crippen LogP contribution >= 0.6 is 0 Å². The Morgan fingerprint density at radius 2 is 1.64 bits per heavy atom. The van der Waals surface area contributed by atoms with Gasteiger partial charge in [0.1, 0.15) is 11.6 Å². The molecule has 4 rings (SSSR count). The molecule has 2 heterocycles. The van der Waals surface area contributed by atoms with Crippen molar-refractivity contribution in [3.63, 3.8) is 0 Å². The molecule has 1 aliphatic rings. The standard InChI is InChI=1S/C24H21F3N4O2/c1-15-2-4-16(5-3-15)23(32)29-18-6-7-21(28-14-18)30-8-10-31(11-9-30)24(33)19-12-17(25)13-20(26)22(19)27/h2-7,12-14H,8-11H2,1H3,(H,29,32). The number of halogens is 3. The van der Waals surface area contributed by atoms with Gasteiger partial charge in [-0.15, -0.1) is 0 Å². The molecular weight excluding hydrogens is 433 g/mol. The normalized spacial score (nSPS) is 13.7. The Morgan fingerprint density at radius 3 is 2.27 bits per heavy atom. The van der Waals surface area contributed by atoms with Gasteiger partial charge in [0.05, 0.1) is 17.4 Å². The average molecular weight is 454 g/mol. The third-order valence-corrected chi connectivity index (χ3v) is 5.43. The lowest BCUT2D eigenvalue weighted by atomic mass is 10.1. The Bertz CT molecular complexity index is 1180. The Balaban J connectivity index is 1.36. The first-order valence-electron chi connectivity index (χ1n) is 10.3. The number of benzene rings is 2. The van der Waals surface area contributed by atoms with Gasteiger partial charge < -0.3 is 15.1 Å². The fourth-order valence-electron chi connectivity index (χ4n) is 3.58. The predicted molar refractivity (Wildman–Crippen MR) is 118 cm³/mol. The third kappa shape index (κ3) is 4.97. The van der Waals surface area contributed by atoms with Crippen LogP contribution in [0.2, 0.25) is 0 Å². The SMILES string of the molecule is Cc1ccc(C(=O)Nc2ccc(N3CCN(C(=O)c4cc(F)cc(F)c4F)CC3)nc2)cc1. The number of rotatable bonds is 4. The Morgan fingerprint density at radius 1 is 0.939 bits per heavy atom. The second-order valence-electron chi connectivity index (χ2n) is 7.75. The molecular formula is C24H21F3N4O2. The second kappa shape index (κ2) is 9.32. The molecule has 0 atom stereocenters. The van der Waals surface area contributed by atoms with E-state index in [0.717, 1.165) is 5.56 Å². The van der Waals surface area contributed by atoms with Crippen LogP contribution in [0, 0.1) is 24.4 Å². The highest BCUT2D eigenvalue weighted by molar-refractivity contribution is 6.04. The summed E-state index contributed by atoms with van der Waals surface area (Å²) in [7, 11) is 0. The van der Waals surface area contributed by atoms with Gasteiger partial charge in [-0.1, -0.05) is 17.7 Å². The third-order valence-electron chi connectivity index (χ3n) is 5.43. The smallest absolute Gasteiger partial charge is 0.257 e. The van der Waals surface area contributed by atoms with Crippen LogP contribution in [0.25, 0.3) is 0 Å². The maximum atomic E-state index is 13.9. The van der Waals surface area contributed by atoms with E-state index in [9.17, 15) is 22.8 Å². The number of carbonyl (C=O) groups is 2. The summed E-state index contributed by atoms with van der Waals surface area (Å²) in [5.74, 6) is -4.09. The van der Waals surface area contributed by atoms with Crippen molar-refractivity contribution in [3.8, 4) is 0 Å². The van der Waals surface area contributed by atoms with Crippen LogP contribution in [0.3, 0.4) is 0 Å². The van der Waals surface area contributed by atoms with Gasteiger partial charge in [-0.05, 0) is 37.3 Å². The molecule has 0 bridgehead atoms. The fraction of sp³-hybridized carbons (Fsp3) is 0.208. The Kier molecular flexibility index (Phi) is 6.30. The molecule has 0 unspecified atom stereocenters. The number of piperazine rings is 1. The summed E-state index contributed by atoms with van der Waals surface area (Å²) in [5, 5.41) is 2.79. The van der Waals surface area contributed by atoms with Crippen LogP contribution in [-0.4, -0.2) is 47.9 Å². The molecule has 3 aromatic rings. The quantitative estimate of drug-likeness (QED) is 0.605. The van der Waals surface area contributed by atoms with E-state index in [2.05, 4.69) is 10.3 Å². The van der Waals surface area contributed by atoms with E-state index in [4.69, 9.17) is 0 Å². The molecule has 1 saturated heterocycles. The van der Waals surface area contributed by atoms with Crippen molar-refractivity contribution in [1.29, 1.82) is 0 Å². The summed E-state index contributed by atoms with van der Waals surface area (Å²) in [6.45, 7) is 3.24. The number of amides is 2. The summed E-state index contributed by atoms with van der Waals surface area (Å²) in [5.41, 5.74) is 1.53. The van der Waals surface area contributed by atoms with Gasteiger partial charge in [-0.25, -0.2) is 18.2 Å². The van der Waals surface area contributed by atoms with Crippen LogP contribution in [0.15, 0.2) is 54.7 Å². The number of nitrogens with zero attached hydrogens (tertiary/aromatic N) is 3. The Labute approximate surface area is 188 Å². The lowest BCUT2D eigenvalue weighted by Crippen LogP contribution is -2.49. The number of nitrogens with one attached hydrogen (secondary N) is 1. The number of carbonyl (C=O) groups excluding carboxylic acids is 2. The number of hydrogen-bond acceptors (Lipinski definition) is 4. The minimum absolute atomic E-state index is 0.238. The van der Waals surface area contributed by atoms with Crippen molar-refractivity contribution in [2.75, 3.05) is 36.4 Å². The van der Waals surface area contributed by atoms with Crippen LogP contribution in [0.5, 0.6) is 0 Å². The molecule has 1 aromatic heterocycles. The van der Waals surface area contributed by atoms with Gasteiger partial charge in [0.25, 0.3) is 11.8 Å². The maximum Gasteiger partial charge on any atom is 0.257 e. The molecule has 2 aromatic carbocycles. The molecule has 0 spiro atoms. The van der Waals surface area contributed by atoms with Gasteiger partial charge in [0, 0.05) is 37.8 Å². The van der Waals surface area contributed by atoms with Crippen molar-refractivity contribution in [2.24, 2.45) is 0 Å². The van der Waals surface area contributed by atoms with Crippen molar-refractivity contribution >= 4 is 23.3 Å². The zero-order valence-electron chi connectivity index (χ0n) is 17.8. The second-order valence-corrected chi connectivity index (χ2v) is 7.75. The first-order chi connectivity index (χ1) is 15.8. The minimum atomic E-state index is -1.39. The molecule has 0 radical (unpaired) electrons. The fourth-order valence-corrected chi connectivity index (χ4v) is 3.58. The van der Waals surface area contributed by atoms with Crippen molar-refractivity contribution in [1.82, 2.24) is 9.88 Å².